The molecule has 0 saturated heterocycles. The lowest BCUT2D eigenvalue weighted by Crippen LogP contribution is -2.04. The number of aromatic amines is 1. The Bertz CT molecular complexity index is 1060. The molecule has 2 aromatic carbocycles. The molecule has 0 saturated carbocycles. The molecular weight excluding hydrogens is 342 g/mol. The average molecular weight is 354 g/mol. The van der Waals surface area contributed by atoms with Crippen LogP contribution in [0.4, 0.5) is 0 Å². The normalized spacial score (nSPS) is 10.9. The van der Waals surface area contributed by atoms with Gasteiger partial charge in [-0.1, -0.05) is 23.7 Å². The molecular formula is C17H12ClN5O2. The molecule has 0 aliphatic heterocycles. The molecule has 8 heteroatoms. The molecule has 0 bridgehead atoms. The van der Waals surface area contributed by atoms with Crippen LogP contribution in [0.25, 0.3) is 16.7 Å². The number of hydrogen-bond donors (Lipinski definition) is 1. The minimum Gasteiger partial charge on any atom is -0.457 e. The van der Waals surface area contributed by atoms with E-state index < -0.39 is 5.97 Å². The molecule has 0 atom stereocenters. The van der Waals surface area contributed by atoms with Crippen LogP contribution in [-0.2, 0) is 11.3 Å². The fourth-order valence-electron chi connectivity index (χ4n) is 2.40. The van der Waals surface area contributed by atoms with Crippen molar-refractivity contribution in [2.75, 3.05) is 0 Å². The first kappa shape index (κ1) is 15.3. The summed E-state index contributed by atoms with van der Waals surface area (Å²) in [5.41, 5.74) is 3.45. The first-order valence-electron chi connectivity index (χ1n) is 7.46. The number of benzene rings is 2. The summed E-state index contributed by atoms with van der Waals surface area (Å²) < 4.78 is 6.91. The molecule has 0 spiro atoms. The molecule has 4 aromatic rings. The summed E-state index contributed by atoms with van der Waals surface area (Å²) in [4.78, 5) is 12.2. The Morgan fingerprint density at radius 1 is 1.16 bits per heavy atom. The van der Waals surface area contributed by atoms with Crippen LogP contribution in [0.5, 0.6) is 0 Å². The fraction of sp³-hybridized carbons (Fsp3) is 0.0588. The summed E-state index contributed by atoms with van der Waals surface area (Å²) in [6, 6.07) is 12.7. The molecule has 0 unspecified atom stereocenters. The Balaban J connectivity index is 1.46. The number of nitrogens with zero attached hydrogens (tertiary/aromatic N) is 4. The van der Waals surface area contributed by atoms with E-state index in [1.807, 2.05) is 30.3 Å². The summed E-state index contributed by atoms with van der Waals surface area (Å²) in [6.45, 7) is 0.143. The number of carbonyl (C=O) groups is 1. The largest absolute Gasteiger partial charge is 0.457 e. The predicted octanol–water partition coefficient (Wildman–Crippen LogP) is 3.15. The zero-order chi connectivity index (χ0) is 17.2. The van der Waals surface area contributed by atoms with Gasteiger partial charge in [-0.05, 0) is 35.9 Å². The van der Waals surface area contributed by atoms with Crippen molar-refractivity contribution >= 4 is 28.6 Å². The molecule has 0 amide bonds. The lowest BCUT2D eigenvalue weighted by molar-refractivity contribution is 0.0473. The fourth-order valence-corrected chi connectivity index (χ4v) is 2.58. The van der Waals surface area contributed by atoms with Gasteiger partial charge in [-0.3, -0.25) is 0 Å². The number of halogens is 1. The first-order chi connectivity index (χ1) is 12.2. The highest BCUT2D eigenvalue weighted by atomic mass is 35.5. The van der Waals surface area contributed by atoms with Crippen LogP contribution >= 0.6 is 11.6 Å². The standard InChI is InChI=1S/C17H12ClN5O2/c18-13-2-1-3-14(7-13)23-9-12(8-19-23)17(24)25-10-11-4-5-15-16(6-11)21-22-20-15/h1-9H,10H2,(H,20,21,22). The molecule has 0 fully saturated rings. The van der Waals surface area contributed by atoms with Gasteiger partial charge < -0.3 is 4.74 Å². The molecule has 0 aliphatic rings. The number of esters is 1. The number of nitrogens with one attached hydrogen (secondary N) is 1. The van der Waals surface area contributed by atoms with Crippen molar-refractivity contribution in [3.8, 4) is 5.69 Å². The predicted molar refractivity (Wildman–Crippen MR) is 91.6 cm³/mol. The third kappa shape index (κ3) is 3.22. The van der Waals surface area contributed by atoms with Gasteiger partial charge in [-0.2, -0.15) is 20.5 Å². The number of hydrogen-bond acceptors (Lipinski definition) is 5. The van der Waals surface area contributed by atoms with Gasteiger partial charge in [0.05, 0.1) is 17.4 Å². The van der Waals surface area contributed by atoms with Crippen LogP contribution in [-0.4, -0.2) is 31.2 Å². The van der Waals surface area contributed by atoms with Crippen molar-refractivity contribution < 1.29 is 9.53 Å². The number of fused-ring (bicyclic) bond motifs is 1. The third-order valence-corrected chi connectivity index (χ3v) is 3.88. The smallest absolute Gasteiger partial charge is 0.341 e. The molecule has 25 heavy (non-hydrogen) atoms. The second-order valence-corrected chi connectivity index (χ2v) is 5.81. The van der Waals surface area contributed by atoms with Crippen molar-refractivity contribution in [2.24, 2.45) is 0 Å². The lowest BCUT2D eigenvalue weighted by Gasteiger charge is -2.03. The summed E-state index contributed by atoms with van der Waals surface area (Å²) in [5, 5.41) is 15.3. The summed E-state index contributed by atoms with van der Waals surface area (Å²) in [6.07, 6.45) is 3.07. The van der Waals surface area contributed by atoms with Gasteiger partial charge in [0.2, 0.25) is 0 Å². The van der Waals surface area contributed by atoms with Gasteiger partial charge in [0, 0.05) is 11.2 Å². The Kier molecular flexibility index (Phi) is 3.91. The monoisotopic (exact) mass is 353 g/mol. The van der Waals surface area contributed by atoms with E-state index in [-0.39, 0.29) is 6.61 Å². The highest BCUT2D eigenvalue weighted by Gasteiger charge is 2.12. The minimum atomic E-state index is -0.450. The van der Waals surface area contributed by atoms with Crippen LogP contribution in [0.1, 0.15) is 15.9 Å². The van der Waals surface area contributed by atoms with Crippen LogP contribution in [0.2, 0.25) is 5.02 Å². The molecule has 4 rings (SSSR count). The van der Waals surface area contributed by atoms with Crippen molar-refractivity contribution in [1.82, 2.24) is 25.2 Å². The van der Waals surface area contributed by atoms with E-state index in [1.165, 1.54) is 6.20 Å². The maximum atomic E-state index is 12.2. The minimum absolute atomic E-state index is 0.143. The molecule has 124 valence electrons. The highest BCUT2D eigenvalue weighted by molar-refractivity contribution is 6.30. The van der Waals surface area contributed by atoms with Crippen LogP contribution in [0, 0.1) is 0 Å². The zero-order valence-corrected chi connectivity index (χ0v) is 13.6. The van der Waals surface area contributed by atoms with Gasteiger partial charge >= 0.3 is 5.97 Å². The van der Waals surface area contributed by atoms with Crippen LogP contribution in [0.15, 0.2) is 54.9 Å². The second-order valence-electron chi connectivity index (χ2n) is 5.38. The van der Waals surface area contributed by atoms with E-state index in [9.17, 15) is 4.79 Å². The molecule has 2 heterocycles. The maximum absolute atomic E-state index is 12.2. The summed E-state index contributed by atoms with van der Waals surface area (Å²) in [7, 11) is 0. The Labute approximate surface area is 147 Å². The van der Waals surface area contributed by atoms with Gasteiger partial charge in [0.15, 0.2) is 0 Å². The van der Waals surface area contributed by atoms with E-state index >= 15 is 0 Å². The van der Waals surface area contributed by atoms with Crippen LogP contribution < -0.4 is 0 Å². The van der Waals surface area contributed by atoms with Crippen molar-refractivity contribution in [3.05, 3.63) is 71.0 Å². The molecule has 0 aliphatic carbocycles. The number of carbonyl (C=O) groups excluding carboxylic acids is 1. The van der Waals surface area contributed by atoms with E-state index in [0.717, 1.165) is 22.3 Å². The Morgan fingerprint density at radius 2 is 2.04 bits per heavy atom. The van der Waals surface area contributed by atoms with Crippen molar-refractivity contribution in [2.45, 2.75) is 6.61 Å². The van der Waals surface area contributed by atoms with E-state index in [0.29, 0.717) is 10.6 Å². The number of aromatic nitrogens is 5. The van der Waals surface area contributed by atoms with Crippen LogP contribution in [0.3, 0.4) is 0 Å². The van der Waals surface area contributed by atoms with E-state index in [1.54, 1.807) is 23.0 Å². The second kappa shape index (κ2) is 6.37. The third-order valence-electron chi connectivity index (χ3n) is 3.64. The number of H-pyrrole nitrogens is 1. The Morgan fingerprint density at radius 3 is 2.92 bits per heavy atom. The molecule has 7 nitrogen and oxygen atoms in total. The highest BCUT2D eigenvalue weighted by Crippen LogP contribution is 2.16. The van der Waals surface area contributed by atoms with Gasteiger partial charge in [0.1, 0.15) is 17.6 Å². The van der Waals surface area contributed by atoms with E-state index in [2.05, 4.69) is 20.5 Å². The maximum Gasteiger partial charge on any atom is 0.341 e. The van der Waals surface area contributed by atoms with Gasteiger partial charge in [-0.15, -0.1) is 0 Å². The SMILES string of the molecule is O=C(OCc1ccc2n[nH]nc2c1)c1cnn(-c2cccc(Cl)c2)c1. The summed E-state index contributed by atoms with van der Waals surface area (Å²) >= 11 is 5.97. The topological polar surface area (TPSA) is 85.7 Å². The van der Waals surface area contributed by atoms with Crippen molar-refractivity contribution in [3.63, 3.8) is 0 Å². The molecule has 0 radical (unpaired) electrons. The number of ether oxygens (including phenoxy) is 1. The summed E-state index contributed by atoms with van der Waals surface area (Å²) in [5.74, 6) is -0.450. The van der Waals surface area contributed by atoms with Crippen molar-refractivity contribution in [1.29, 1.82) is 0 Å². The number of rotatable bonds is 4. The first-order valence-corrected chi connectivity index (χ1v) is 7.84. The van der Waals surface area contributed by atoms with E-state index in [4.69, 9.17) is 16.3 Å². The zero-order valence-electron chi connectivity index (χ0n) is 12.9. The quantitative estimate of drug-likeness (QED) is 0.569. The molecule has 2 aromatic heterocycles. The van der Waals surface area contributed by atoms with Gasteiger partial charge in [-0.25, -0.2) is 9.48 Å². The molecule has 1 N–H and O–H groups in total. The van der Waals surface area contributed by atoms with Gasteiger partial charge in [0.25, 0.3) is 0 Å². The lowest BCUT2D eigenvalue weighted by atomic mass is 10.2. The Hall–Kier alpha value is -3.19. The average Bonchev–Trinajstić information content (AvgIpc) is 3.28.